The van der Waals surface area contributed by atoms with Crippen molar-refractivity contribution in [1.29, 1.82) is 0 Å². The van der Waals surface area contributed by atoms with E-state index in [0.717, 1.165) is 16.9 Å². The molecule has 0 aliphatic heterocycles. The van der Waals surface area contributed by atoms with Gasteiger partial charge < -0.3 is 30.0 Å². The molecule has 43 heavy (non-hydrogen) atoms. The van der Waals surface area contributed by atoms with Crippen LogP contribution in [0.4, 0.5) is 29.1 Å². The average Bonchev–Trinajstić information content (AvgIpc) is 3.41. The molecule has 3 N–H and O–H groups in total. The van der Waals surface area contributed by atoms with E-state index >= 15 is 4.39 Å². The molecule has 3 heterocycles. The molecule has 0 spiro atoms. The molecule has 0 aliphatic carbocycles. The van der Waals surface area contributed by atoms with Gasteiger partial charge in [-0.25, -0.2) is 19.0 Å². The lowest BCUT2D eigenvalue weighted by atomic mass is 10.2. The molecular weight excluding hydrogens is 578 g/mol. The fourth-order valence-electron chi connectivity index (χ4n) is 3.85. The van der Waals surface area contributed by atoms with E-state index in [9.17, 15) is 18.0 Å². The van der Waals surface area contributed by atoms with Crippen LogP contribution < -0.4 is 30.0 Å². The SMILES string of the molecule is COc1cc2nccc(Oc3ccc(NC(=O)c4nn(-c5cnc(N)cn5)cc4OCC(F)(F)F)c(F)c3)c2cc1OC. The van der Waals surface area contributed by atoms with Gasteiger partial charge in [-0.05, 0) is 24.3 Å². The van der Waals surface area contributed by atoms with Gasteiger partial charge in [0.05, 0.1) is 44.0 Å². The minimum Gasteiger partial charge on any atom is -0.493 e. The molecule has 222 valence electrons. The molecule has 3 aromatic heterocycles. The number of nitrogens with zero attached hydrogens (tertiary/aromatic N) is 5. The van der Waals surface area contributed by atoms with Gasteiger partial charge in [-0.1, -0.05) is 0 Å². The van der Waals surface area contributed by atoms with E-state index in [1.807, 2.05) is 0 Å². The topological polar surface area (TPSA) is 149 Å². The van der Waals surface area contributed by atoms with Crippen molar-refractivity contribution in [2.75, 3.05) is 31.9 Å². The van der Waals surface area contributed by atoms with Crippen LogP contribution in [0.2, 0.25) is 0 Å². The van der Waals surface area contributed by atoms with E-state index < -0.39 is 36.0 Å². The van der Waals surface area contributed by atoms with Crippen molar-refractivity contribution in [2.45, 2.75) is 6.18 Å². The van der Waals surface area contributed by atoms with E-state index in [0.29, 0.717) is 28.2 Å². The molecule has 0 aliphatic rings. The Morgan fingerprint density at radius 3 is 2.42 bits per heavy atom. The van der Waals surface area contributed by atoms with Gasteiger partial charge in [0.1, 0.15) is 23.1 Å². The number of carbonyl (C=O) groups is 1. The summed E-state index contributed by atoms with van der Waals surface area (Å²) in [7, 11) is 2.97. The second-order valence-corrected chi connectivity index (χ2v) is 8.72. The summed E-state index contributed by atoms with van der Waals surface area (Å²) in [4.78, 5) is 25.1. The highest BCUT2D eigenvalue weighted by molar-refractivity contribution is 6.04. The molecule has 0 bridgehead atoms. The van der Waals surface area contributed by atoms with Gasteiger partial charge in [0.25, 0.3) is 5.91 Å². The summed E-state index contributed by atoms with van der Waals surface area (Å²) in [6, 6.07) is 8.52. The third-order valence-electron chi connectivity index (χ3n) is 5.80. The molecule has 2 aromatic carbocycles. The fourth-order valence-corrected chi connectivity index (χ4v) is 3.85. The van der Waals surface area contributed by atoms with Gasteiger partial charge in [0.2, 0.25) is 0 Å². The van der Waals surface area contributed by atoms with Crippen LogP contribution in [0.3, 0.4) is 0 Å². The van der Waals surface area contributed by atoms with Gasteiger partial charge >= 0.3 is 6.18 Å². The molecular formula is C27H21F4N7O5. The van der Waals surface area contributed by atoms with Crippen molar-refractivity contribution < 1.29 is 41.3 Å². The first-order valence-electron chi connectivity index (χ1n) is 12.2. The monoisotopic (exact) mass is 599 g/mol. The van der Waals surface area contributed by atoms with E-state index in [4.69, 9.17) is 24.7 Å². The Kier molecular flexibility index (Phi) is 7.83. The van der Waals surface area contributed by atoms with Crippen LogP contribution in [0.5, 0.6) is 28.7 Å². The van der Waals surface area contributed by atoms with Crippen molar-refractivity contribution in [3.63, 3.8) is 0 Å². The first-order valence-corrected chi connectivity index (χ1v) is 12.2. The van der Waals surface area contributed by atoms with Crippen LogP contribution in [-0.2, 0) is 0 Å². The maximum Gasteiger partial charge on any atom is 0.422 e. The molecule has 12 nitrogen and oxygen atoms in total. The molecule has 0 unspecified atom stereocenters. The van der Waals surface area contributed by atoms with E-state index in [1.165, 1.54) is 44.9 Å². The molecule has 0 atom stereocenters. The van der Waals surface area contributed by atoms with Crippen LogP contribution in [0.15, 0.2) is 61.2 Å². The number of rotatable bonds is 9. The van der Waals surface area contributed by atoms with Gasteiger partial charge in [0.15, 0.2) is 35.4 Å². The number of methoxy groups -OCH3 is 2. The van der Waals surface area contributed by atoms with Crippen molar-refractivity contribution in [2.24, 2.45) is 0 Å². The number of halogens is 4. The third-order valence-corrected chi connectivity index (χ3v) is 5.80. The minimum absolute atomic E-state index is 0.0393. The second-order valence-electron chi connectivity index (χ2n) is 8.72. The molecule has 0 saturated carbocycles. The zero-order valence-electron chi connectivity index (χ0n) is 22.3. The van der Waals surface area contributed by atoms with Crippen LogP contribution in [-0.4, -0.2) is 57.6 Å². The number of hydrogen-bond donors (Lipinski definition) is 2. The number of pyridine rings is 1. The number of amides is 1. The number of nitrogens with one attached hydrogen (secondary N) is 1. The number of benzene rings is 2. The van der Waals surface area contributed by atoms with E-state index in [2.05, 4.69) is 25.4 Å². The molecule has 0 saturated heterocycles. The quantitative estimate of drug-likeness (QED) is 0.223. The summed E-state index contributed by atoms with van der Waals surface area (Å²) >= 11 is 0. The number of nitrogens with two attached hydrogens (primary N) is 1. The molecule has 0 radical (unpaired) electrons. The van der Waals surface area contributed by atoms with Crippen LogP contribution in [0.1, 0.15) is 10.5 Å². The summed E-state index contributed by atoms with van der Waals surface area (Å²) in [6.07, 6.45) is 0.193. The van der Waals surface area contributed by atoms with Gasteiger partial charge in [-0.15, -0.1) is 0 Å². The van der Waals surface area contributed by atoms with Gasteiger partial charge in [0, 0.05) is 23.7 Å². The molecule has 16 heteroatoms. The summed E-state index contributed by atoms with van der Waals surface area (Å²) in [5.74, 6) is -1.03. The Bertz CT molecular complexity index is 1800. The van der Waals surface area contributed by atoms with Crippen molar-refractivity contribution in [1.82, 2.24) is 24.7 Å². The number of carbonyl (C=O) groups excluding carboxylic acids is 1. The summed E-state index contributed by atoms with van der Waals surface area (Å²) < 4.78 is 75.9. The highest BCUT2D eigenvalue weighted by Crippen LogP contribution is 2.37. The van der Waals surface area contributed by atoms with Crippen LogP contribution >= 0.6 is 0 Å². The van der Waals surface area contributed by atoms with Crippen LogP contribution in [0, 0.1) is 5.82 Å². The number of ether oxygens (including phenoxy) is 4. The fraction of sp³-hybridized carbons (Fsp3) is 0.148. The Morgan fingerprint density at radius 1 is 0.977 bits per heavy atom. The molecule has 1 amide bonds. The first-order chi connectivity index (χ1) is 20.5. The molecule has 0 fully saturated rings. The number of aromatic nitrogens is 5. The highest BCUT2D eigenvalue weighted by Gasteiger charge is 2.30. The predicted molar refractivity (Wildman–Crippen MR) is 144 cm³/mol. The van der Waals surface area contributed by atoms with Crippen LogP contribution in [0.25, 0.3) is 16.7 Å². The largest absolute Gasteiger partial charge is 0.493 e. The summed E-state index contributed by atoms with van der Waals surface area (Å²) in [5.41, 5.74) is 5.19. The zero-order valence-corrected chi connectivity index (χ0v) is 22.3. The predicted octanol–water partition coefficient (Wildman–Crippen LogP) is 4.93. The lowest BCUT2D eigenvalue weighted by Crippen LogP contribution is -2.21. The van der Waals surface area contributed by atoms with E-state index in [-0.39, 0.29) is 23.1 Å². The summed E-state index contributed by atoms with van der Waals surface area (Å²) in [5, 5.41) is 6.81. The lowest BCUT2D eigenvalue weighted by molar-refractivity contribution is -0.153. The molecule has 5 aromatic rings. The number of anilines is 2. The molecule has 5 rings (SSSR count). The Morgan fingerprint density at radius 2 is 1.74 bits per heavy atom. The Hall–Kier alpha value is -5.67. The summed E-state index contributed by atoms with van der Waals surface area (Å²) in [6.45, 7) is -1.70. The van der Waals surface area contributed by atoms with E-state index in [1.54, 1.807) is 18.2 Å². The minimum atomic E-state index is -4.70. The average molecular weight is 600 g/mol. The number of alkyl halides is 3. The highest BCUT2D eigenvalue weighted by atomic mass is 19.4. The van der Waals surface area contributed by atoms with Gasteiger partial charge in [-0.2, -0.15) is 18.3 Å². The van der Waals surface area contributed by atoms with Crippen molar-refractivity contribution in [3.05, 3.63) is 72.7 Å². The maximum atomic E-state index is 15.1. The number of nitrogen functional groups attached to an aromatic ring is 1. The first kappa shape index (κ1) is 28.8. The Balaban J connectivity index is 1.39. The second kappa shape index (κ2) is 11.7. The van der Waals surface area contributed by atoms with Crippen molar-refractivity contribution >= 4 is 28.3 Å². The van der Waals surface area contributed by atoms with Gasteiger partial charge in [-0.3, -0.25) is 9.78 Å². The number of hydrogen-bond acceptors (Lipinski definition) is 10. The Labute approximate surface area is 240 Å². The third kappa shape index (κ3) is 6.47. The maximum absolute atomic E-state index is 15.1. The normalized spacial score (nSPS) is 11.3. The lowest BCUT2D eigenvalue weighted by Gasteiger charge is -2.13. The number of fused-ring (bicyclic) bond motifs is 1. The van der Waals surface area contributed by atoms with Crippen molar-refractivity contribution in [3.8, 4) is 34.6 Å². The standard InChI is InChI=1S/C27H21F4N7O5/c1-40-20-8-15-18(9-21(20)41-2)33-6-5-19(15)43-14-3-4-17(16(28)7-14)36-26(39)25-22(42-13-27(29,30)31)12-38(37-25)24-11-34-23(32)10-35-24/h3-12H,13H2,1-2H3,(H2,32,34)(H,36,39). The zero-order chi connectivity index (χ0) is 30.7. The smallest absolute Gasteiger partial charge is 0.422 e.